The van der Waals surface area contributed by atoms with Gasteiger partial charge >= 0.3 is 11.9 Å². The predicted molar refractivity (Wildman–Crippen MR) is 82.6 cm³/mol. The Labute approximate surface area is 130 Å². The van der Waals surface area contributed by atoms with E-state index in [-0.39, 0.29) is 23.5 Å². The number of aromatic nitrogens is 2. The maximum Gasteiger partial charge on any atom is 0.358 e. The number of hydrogen-bond acceptors (Lipinski definition) is 5. The Morgan fingerprint density at radius 3 is 2.59 bits per heavy atom. The van der Waals surface area contributed by atoms with E-state index in [9.17, 15) is 9.59 Å². The summed E-state index contributed by atoms with van der Waals surface area (Å²) in [6.07, 6.45) is 6.02. The molecule has 0 aliphatic heterocycles. The lowest BCUT2D eigenvalue weighted by Crippen LogP contribution is -2.27. The van der Waals surface area contributed by atoms with Crippen molar-refractivity contribution in [2.75, 3.05) is 5.73 Å². The number of nitrogen functional groups attached to an aromatic ring is 1. The van der Waals surface area contributed by atoms with E-state index in [2.05, 4.69) is 11.9 Å². The van der Waals surface area contributed by atoms with Crippen molar-refractivity contribution in [1.29, 1.82) is 0 Å². The summed E-state index contributed by atoms with van der Waals surface area (Å²) < 4.78 is 6.86. The zero-order valence-electron chi connectivity index (χ0n) is 13.4. The Kier molecular flexibility index (Phi) is 6.88. The Morgan fingerprint density at radius 1 is 1.41 bits per heavy atom. The highest BCUT2D eigenvalue weighted by Crippen LogP contribution is 2.26. The molecule has 0 saturated heterocycles. The summed E-state index contributed by atoms with van der Waals surface area (Å²) in [5.74, 6) is -1.45. The first-order valence-corrected chi connectivity index (χ1v) is 7.61. The minimum Gasteiger partial charge on any atom is -0.476 e. The van der Waals surface area contributed by atoms with Gasteiger partial charge in [0.1, 0.15) is 11.9 Å². The second kappa shape index (κ2) is 8.41. The molecule has 0 aliphatic rings. The van der Waals surface area contributed by atoms with Crippen LogP contribution in [0.2, 0.25) is 0 Å². The van der Waals surface area contributed by atoms with Gasteiger partial charge in [-0.3, -0.25) is 4.79 Å². The van der Waals surface area contributed by atoms with Gasteiger partial charge in [0.2, 0.25) is 0 Å². The molecule has 7 nitrogen and oxygen atoms in total. The van der Waals surface area contributed by atoms with Gasteiger partial charge in [0.15, 0.2) is 5.69 Å². The second-order valence-electron chi connectivity index (χ2n) is 5.42. The van der Waals surface area contributed by atoms with Gasteiger partial charge in [-0.2, -0.15) is 0 Å². The molecule has 1 heterocycles. The van der Waals surface area contributed by atoms with E-state index >= 15 is 0 Å². The number of carboxylic acids is 1. The minimum atomic E-state index is -1.17. The van der Waals surface area contributed by atoms with Crippen LogP contribution in [0.5, 0.6) is 0 Å². The van der Waals surface area contributed by atoms with E-state index in [1.54, 1.807) is 11.5 Å². The third-order valence-corrected chi connectivity index (χ3v) is 3.64. The molecule has 0 bridgehead atoms. The fourth-order valence-corrected chi connectivity index (χ4v) is 2.52. The van der Waals surface area contributed by atoms with Gasteiger partial charge in [-0.15, -0.1) is 0 Å². The molecule has 2 atom stereocenters. The van der Waals surface area contributed by atoms with Crippen LogP contribution in [-0.4, -0.2) is 32.7 Å². The highest BCUT2D eigenvalue weighted by Gasteiger charge is 2.26. The van der Waals surface area contributed by atoms with Gasteiger partial charge in [0.05, 0.1) is 12.4 Å². The van der Waals surface area contributed by atoms with E-state index in [0.717, 1.165) is 32.1 Å². The van der Waals surface area contributed by atoms with Gasteiger partial charge in [0, 0.05) is 6.92 Å². The van der Waals surface area contributed by atoms with Crippen LogP contribution >= 0.6 is 0 Å². The number of aromatic carboxylic acids is 1. The molecule has 124 valence electrons. The summed E-state index contributed by atoms with van der Waals surface area (Å²) in [6.45, 7) is 5.27. The first-order chi connectivity index (χ1) is 10.4. The number of hydrogen-bond donors (Lipinski definition) is 2. The van der Waals surface area contributed by atoms with Gasteiger partial charge in [-0.25, -0.2) is 9.78 Å². The molecule has 1 aromatic heterocycles. The van der Waals surface area contributed by atoms with E-state index in [4.69, 9.17) is 15.6 Å². The van der Waals surface area contributed by atoms with Gasteiger partial charge in [-0.05, 0) is 13.3 Å². The predicted octanol–water partition coefficient (Wildman–Crippen LogP) is 2.63. The number of nitrogens with two attached hydrogens (primary N) is 1. The molecule has 0 spiro atoms. The first kappa shape index (κ1) is 18.0. The van der Waals surface area contributed by atoms with Crippen LogP contribution in [0.15, 0.2) is 6.33 Å². The van der Waals surface area contributed by atoms with Crippen LogP contribution in [0.1, 0.15) is 69.4 Å². The molecule has 0 fully saturated rings. The number of carbonyl (C=O) groups is 2. The van der Waals surface area contributed by atoms with Crippen molar-refractivity contribution in [3.8, 4) is 0 Å². The average molecular weight is 311 g/mol. The lowest BCUT2D eigenvalue weighted by Gasteiger charge is -2.26. The number of carboxylic acid groups (broad SMARTS) is 1. The van der Waals surface area contributed by atoms with Gasteiger partial charge in [0.25, 0.3) is 0 Å². The molecule has 0 radical (unpaired) electrons. The Balaban J connectivity index is 2.93. The summed E-state index contributed by atoms with van der Waals surface area (Å²) in [5, 5.41) is 9.05. The highest BCUT2D eigenvalue weighted by molar-refractivity contribution is 5.90. The number of imidazole rings is 1. The van der Waals surface area contributed by atoms with E-state index in [0.29, 0.717) is 0 Å². The summed E-state index contributed by atoms with van der Waals surface area (Å²) in [6, 6.07) is -0.221. The molecule has 3 N–H and O–H groups in total. The van der Waals surface area contributed by atoms with Crippen molar-refractivity contribution < 1.29 is 19.4 Å². The Hall–Kier alpha value is -2.05. The molecule has 7 heteroatoms. The number of unbranched alkanes of at least 4 members (excludes halogenated alkanes) is 3. The largest absolute Gasteiger partial charge is 0.476 e. The van der Waals surface area contributed by atoms with Crippen molar-refractivity contribution in [1.82, 2.24) is 9.55 Å². The van der Waals surface area contributed by atoms with Gasteiger partial charge < -0.3 is 20.1 Å². The smallest absolute Gasteiger partial charge is 0.358 e. The summed E-state index contributed by atoms with van der Waals surface area (Å²) in [4.78, 5) is 26.1. The van der Waals surface area contributed by atoms with Crippen LogP contribution in [0.4, 0.5) is 5.82 Å². The van der Waals surface area contributed by atoms with Crippen LogP contribution in [0.3, 0.4) is 0 Å². The summed E-state index contributed by atoms with van der Waals surface area (Å²) >= 11 is 0. The fourth-order valence-electron chi connectivity index (χ4n) is 2.52. The summed E-state index contributed by atoms with van der Waals surface area (Å²) in [5.41, 5.74) is 5.71. The molecule has 0 aromatic carbocycles. The van der Waals surface area contributed by atoms with Crippen LogP contribution in [0, 0.1) is 0 Å². The molecule has 0 saturated carbocycles. The normalized spacial score (nSPS) is 13.6. The fraction of sp³-hybridized carbons (Fsp3) is 0.667. The number of ether oxygens (including phenoxy) is 1. The lowest BCUT2D eigenvalue weighted by atomic mass is 10.0. The molecular formula is C15H25N3O4. The third kappa shape index (κ3) is 4.75. The van der Waals surface area contributed by atoms with Crippen LogP contribution < -0.4 is 5.73 Å². The minimum absolute atomic E-state index is 0.0898. The van der Waals surface area contributed by atoms with Crippen molar-refractivity contribution >= 4 is 17.8 Å². The van der Waals surface area contributed by atoms with E-state index in [1.807, 2.05) is 0 Å². The number of carbonyl (C=O) groups excluding carboxylic acids is 1. The molecule has 1 rings (SSSR count). The number of nitrogens with zero attached hydrogens (tertiary/aromatic N) is 2. The second-order valence-corrected chi connectivity index (χ2v) is 5.42. The lowest BCUT2D eigenvalue weighted by molar-refractivity contribution is -0.147. The monoisotopic (exact) mass is 311 g/mol. The molecule has 2 unspecified atom stereocenters. The Morgan fingerprint density at radius 2 is 2.09 bits per heavy atom. The topological polar surface area (TPSA) is 107 Å². The average Bonchev–Trinajstić information content (AvgIpc) is 2.80. The zero-order valence-corrected chi connectivity index (χ0v) is 13.4. The van der Waals surface area contributed by atoms with Crippen molar-refractivity contribution in [2.24, 2.45) is 0 Å². The standard InChI is InChI=1S/C15H25N3O4/c1-4-5-6-7-8-12(10(2)22-11(3)19)18-9-17-13(14(18)16)15(20)21/h9-10,12H,4-8,16H2,1-3H3,(H,20,21). The van der Waals surface area contributed by atoms with Crippen molar-refractivity contribution in [3.63, 3.8) is 0 Å². The number of anilines is 1. The van der Waals surface area contributed by atoms with E-state index in [1.165, 1.54) is 13.3 Å². The molecular weight excluding hydrogens is 286 g/mol. The molecule has 22 heavy (non-hydrogen) atoms. The molecule has 0 aliphatic carbocycles. The molecule has 0 amide bonds. The molecule has 1 aromatic rings. The number of esters is 1. The maximum absolute atomic E-state index is 11.2. The number of rotatable bonds is 9. The summed E-state index contributed by atoms with van der Waals surface area (Å²) in [7, 11) is 0. The van der Waals surface area contributed by atoms with Crippen LogP contribution in [0.25, 0.3) is 0 Å². The first-order valence-electron chi connectivity index (χ1n) is 7.61. The SMILES string of the molecule is CCCCCCC(C(C)OC(C)=O)n1cnc(C(=O)O)c1N. The maximum atomic E-state index is 11.2. The third-order valence-electron chi connectivity index (χ3n) is 3.64. The highest BCUT2D eigenvalue weighted by atomic mass is 16.5. The van der Waals surface area contributed by atoms with Crippen molar-refractivity contribution in [2.45, 2.75) is 65.0 Å². The van der Waals surface area contributed by atoms with E-state index < -0.39 is 12.1 Å². The van der Waals surface area contributed by atoms with Crippen LogP contribution in [-0.2, 0) is 9.53 Å². The zero-order chi connectivity index (χ0) is 16.7. The Bertz CT molecular complexity index is 513. The quantitative estimate of drug-likeness (QED) is 0.536. The van der Waals surface area contributed by atoms with Gasteiger partial charge in [-0.1, -0.05) is 32.6 Å². The van der Waals surface area contributed by atoms with Crippen molar-refractivity contribution in [3.05, 3.63) is 12.0 Å².